The highest BCUT2D eigenvalue weighted by Gasteiger charge is 2.37. The second-order valence-corrected chi connectivity index (χ2v) is 10.4. The second-order valence-electron chi connectivity index (χ2n) is 9.28. The van der Waals surface area contributed by atoms with Gasteiger partial charge in [-0.15, -0.1) is 0 Å². The van der Waals surface area contributed by atoms with E-state index in [0.717, 1.165) is 33.7 Å². The zero-order chi connectivity index (χ0) is 23.9. The van der Waals surface area contributed by atoms with Crippen molar-refractivity contribution in [3.63, 3.8) is 0 Å². The molecule has 2 N–H and O–H groups in total. The Labute approximate surface area is 212 Å². The van der Waals surface area contributed by atoms with Gasteiger partial charge in [-0.25, -0.2) is 4.98 Å². The van der Waals surface area contributed by atoms with Gasteiger partial charge in [-0.05, 0) is 72.3 Å². The van der Waals surface area contributed by atoms with E-state index in [1.165, 1.54) is 0 Å². The molecule has 1 saturated heterocycles. The lowest BCUT2D eigenvalue weighted by Gasteiger charge is -2.34. The minimum Gasteiger partial charge on any atom is -0.378 e. The molecule has 0 radical (unpaired) electrons. The summed E-state index contributed by atoms with van der Waals surface area (Å²) in [6, 6.07) is 11.2. The van der Waals surface area contributed by atoms with Crippen LogP contribution in [0.2, 0.25) is 0 Å². The van der Waals surface area contributed by atoms with Crippen LogP contribution < -0.4 is 15.5 Å². The summed E-state index contributed by atoms with van der Waals surface area (Å²) in [5, 5.41) is 6.62. The van der Waals surface area contributed by atoms with Gasteiger partial charge >= 0.3 is 0 Å². The molecule has 34 heavy (non-hydrogen) atoms. The van der Waals surface area contributed by atoms with Crippen LogP contribution in [-0.4, -0.2) is 49.0 Å². The minimum atomic E-state index is -0.613. The van der Waals surface area contributed by atoms with Crippen LogP contribution in [0.25, 0.3) is 0 Å². The number of anilines is 2. The molecule has 1 aromatic carbocycles. The number of pyridine rings is 1. The summed E-state index contributed by atoms with van der Waals surface area (Å²) in [4.78, 5) is 33.1. The van der Waals surface area contributed by atoms with Crippen molar-refractivity contribution >= 4 is 45.8 Å². The van der Waals surface area contributed by atoms with Crippen molar-refractivity contribution in [2.45, 2.75) is 25.4 Å². The number of benzene rings is 1. The molecule has 2 atom stereocenters. The number of ether oxygens (including phenoxy) is 1. The van der Waals surface area contributed by atoms with Gasteiger partial charge in [0.2, 0.25) is 0 Å². The molecule has 1 amide bonds. The van der Waals surface area contributed by atoms with Crippen molar-refractivity contribution in [1.29, 1.82) is 0 Å². The fourth-order valence-corrected chi connectivity index (χ4v) is 5.46. The molecule has 5 rings (SSSR count). The van der Waals surface area contributed by atoms with E-state index in [2.05, 4.69) is 43.1 Å². The fourth-order valence-electron chi connectivity index (χ4n) is 4.65. The first-order valence-corrected chi connectivity index (χ1v) is 12.5. The summed E-state index contributed by atoms with van der Waals surface area (Å²) in [6.45, 7) is 6.96. The Bertz CT molecular complexity index is 1200. The third-order valence-corrected chi connectivity index (χ3v) is 7.55. The maximum atomic E-state index is 13.4. The van der Waals surface area contributed by atoms with Crippen LogP contribution >= 0.6 is 22.6 Å². The van der Waals surface area contributed by atoms with Crippen molar-refractivity contribution in [1.82, 2.24) is 10.3 Å². The molecule has 2 unspecified atom stereocenters. The highest BCUT2D eigenvalue weighted by molar-refractivity contribution is 14.1. The zero-order valence-electron chi connectivity index (χ0n) is 19.2. The lowest BCUT2D eigenvalue weighted by molar-refractivity contribution is -0.118. The van der Waals surface area contributed by atoms with E-state index >= 15 is 0 Å². The highest BCUT2D eigenvalue weighted by Crippen LogP contribution is 2.37. The highest BCUT2D eigenvalue weighted by atomic mass is 127. The Morgan fingerprint density at radius 3 is 2.76 bits per heavy atom. The SMILES string of the molecule is CC(C)(NC(=O)C1=CC2Nc3ccccc3C(=O)C2C=C1I)c1ccnc(N2CCOCC2)c1. The number of carbonyl (C=O) groups excluding carboxylic acids is 2. The Kier molecular flexibility index (Phi) is 6.20. The fraction of sp³-hybridized carbons (Fsp3) is 0.346. The third kappa shape index (κ3) is 4.36. The molecule has 7 nitrogen and oxygen atoms in total. The van der Waals surface area contributed by atoms with Crippen LogP contribution in [0, 0.1) is 5.92 Å². The number of aromatic nitrogens is 1. The number of morpholine rings is 1. The van der Waals surface area contributed by atoms with Gasteiger partial charge in [-0.2, -0.15) is 0 Å². The molecule has 1 fully saturated rings. The number of hydrogen-bond donors (Lipinski definition) is 2. The molecule has 0 saturated carbocycles. The molecule has 0 bridgehead atoms. The molecular weight excluding hydrogens is 543 g/mol. The third-order valence-electron chi connectivity index (χ3n) is 6.61. The molecule has 176 valence electrons. The van der Waals surface area contributed by atoms with E-state index in [-0.39, 0.29) is 23.7 Å². The van der Waals surface area contributed by atoms with Gasteiger partial charge in [0, 0.05) is 34.1 Å². The zero-order valence-corrected chi connectivity index (χ0v) is 21.3. The summed E-state index contributed by atoms with van der Waals surface area (Å²) < 4.78 is 6.23. The van der Waals surface area contributed by atoms with Gasteiger partial charge in [0.25, 0.3) is 5.91 Å². The molecular formula is C26H27IN4O3. The van der Waals surface area contributed by atoms with Crippen LogP contribution in [0.3, 0.4) is 0 Å². The van der Waals surface area contributed by atoms with Crippen molar-refractivity contribution < 1.29 is 14.3 Å². The number of rotatable bonds is 4. The Balaban J connectivity index is 1.36. The van der Waals surface area contributed by atoms with Gasteiger partial charge in [-0.3, -0.25) is 9.59 Å². The Morgan fingerprint density at radius 2 is 1.97 bits per heavy atom. The normalized spacial score (nSPS) is 22.1. The molecule has 2 aromatic rings. The van der Waals surface area contributed by atoms with Crippen molar-refractivity contribution in [2.24, 2.45) is 5.92 Å². The number of hydrogen-bond acceptors (Lipinski definition) is 6. The second kappa shape index (κ2) is 9.14. The number of Topliss-reactive ketones (excluding diaryl/α,β-unsaturated/α-hetero) is 1. The van der Waals surface area contributed by atoms with Gasteiger partial charge < -0.3 is 20.3 Å². The summed E-state index contributed by atoms with van der Waals surface area (Å²) in [5.74, 6) is 0.488. The molecule has 8 heteroatoms. The molecule has 0 spiro atoms. The van der Waals surface area contributed by atoms with E-state index in [1.54, 1.807) is 6.20 Å². The molecule has 3 aliphatic rings. The van der Waals surface area contributed by atoms with Crippen LogP contribution in [0.15, 0.2) is 63.9 Å². The standard InChI is InChI=1S/C26H27IN4O3/c1-26(2,16-7-8-28-23(13-16)31-9-11-34-12-10-31)30-25(33)18-15-22-19(14-20(18)27)24(32)17-5-3-4-6-21(17)29-22/h3-8,13-15,19,22,29H,9-12H2,1-2H3,(H,30,33). The predicted octanol–water partition coefficient (Wildman–Crippen LogP) is 3.82. The van der Waals surface area contributed by atoms with Gasteiger partial charge in [0.1, 0.15) is 5.82 Å². The van der Waals surface area contributed by atoms with E-state index in [0.29, 0.717) is 24.4 Å². The lowest BCUT2D eigenvalue weighted by atomic mass is 9.81. The van der Waals surface area contributed by atoms with Crippen LogP contribution in [0.4, 0.5) is 11.5 Å². The molecule has 1 aliphatic carbocycles. The van der Waals surface area contributed by atoms with E-state index < -0.39 is 5.54 Å². The topological polar surface area (TPSA) is 83.6 Å². The summed E-state index contributed by atoms with van der Waals surface area (Å²) >= 11 is 2.16. The number of ketones is 1. The maximum absolute atomic E-state index is 13.4. The minimum absolute atomic E-state index is 0.0805. The smallest absolute Gasteiger partial charge is 0.252 e. The lowest BCUT2D eigenvalue weighted by Crippen LogP contribution is -2.44. The van der Waals surface area contributed by atoms with Crippen molar-refractivity contribution in [3.8, 4) is 0 Å². The van der Waals surface area contributed by atoms with Gasteiger partial charge in [0.05, 0.1) is 36.3 Å². The van der Waals surface area contributed by atoms with Gasteiger partial charge in [-0.1, -0.05) is 18.2 Å². The van der Waals surface area contributed by atoms with E-state index in [1.807, 2.05) is 62.4 Å². The molecule has 1 aromatic heterocycles. The van der Waals surface area contributed by atoms with Crippen molar-refractivity contribution in [2.75, 3.05) is 36.5 Å². The first-order chi connectivity index (χ1) is 16.3. The number of carbonyl (C=O) groups is 2. The molecule has 2 aliphatic heterocycles. The Hall–Kier alpha value is -2.72. The van der Waals surface area contributed by atoms with Gasteiger partial charge in [0.15, 0.2) is 5.78 Å². The summed E-state index contributed by atoms with van der Waals surface area (Å²) in [6.07, 6.45) is 5.58. The number of nitrogens with one attached hydrogen (secondary N) is 2. The van der Waals surface area contributed by atoms with Crippen LogP contribution in [0.1, 0.15) is 29.8 Å². The quantitative estimate of drug-likeness (QED) is 0.545. The number of para-hydroxylation sites is 1. The van der Waals surface area contributed by atoms with Crippen LogP contribution in [-0.2, 0) is 15.1 Å². The number of fused-ring (bicyclic) bond motifs is 2. The monoisotopic (exact) mass is 570 g/mol. The summed E-state index contributed by atoms with van der Waals surface area (Å²) in [5.41, 5.74) is 2.45. The Morgan fingerprint density at radius 1 is 1.21 bits per heavy atom. The van der Waals surface area contributed by atoms with Crippen LogP contribution in [0.5, 0.6) is 0 Å². The number of amides is 1. The average Bonchev–Trinajstić information content (AvgIpc) is 2.85. The first-order valence-electron chi connectivity index (χ1n) is 11.4. The number of halogens is 1. The van der Waals surface area contributed by atoms with E-state index in [4.69, 9.17) is 4.74 Å². The first kappa shape index (κ1) is 23.0. The average molecular weight is 570 g/mol. The maximum Gasteiger partial charge on any atom is 0.252 e. The van der Waals surface area contributed by atoms with E-state index in [9.17, 15) is 9.59 Å². The largest absolute Gasteiger partial charge is 0.378 e. The summed E-state index contributed by atoms with van der Waals surface area (Å²) in [7, 11) is 0. The predicted molar refractivity (Wildman–Crippen MR) is 140 cm³/mol. The van der Waals surface area contributed by atoms with Crippen molar-refractivity contribution in [3.05, 3.63) is 75.0 Å². The number of nitrogens with zero attached hydrogens (tertiary/aromatic N) is 2. The molecule has 3 heterocycles.